The second-order valence-electron chi connectivity index (χ2n) is 5.19. The van der Waals surface area contributed by atoms with Gasteiger partial charge < -0.3 is 0 Å². The normalized spacial score (nSPS) is 10.6. The van der Waals surface area contributed by atoms with Crippen LogP contribution in [0.5, 0.6) is 0 Å². The second kappa shape index (κ2) is 6.52. The molecule has 1 heterocycles. The molecule has 1 aromatic heterocycles. The molecule has 0 aliphatic heterocycles. The Bertz CT molecular complexity index is 1010. The lowest BCUT2D eigenvalue weighted by Crippen LogP contribution is -2.25. The summed E-state index contributed by atoms with van der Waals surface area (Å²) in [5, 5.41) is 14.3. The van der Waals surface area contributed by atoms with Crippen LogP contribution in [0, 0.1) is 18.3 Å². The van der Waals surface area contributed by atoms with E-state index in [2.05, 4.69) is 11.2 Å². The molecule has 120 valence electrons. The number of rotatable bonds is 3. The molecule has 0 spiro atoms. The Kier molecular flexibility index (Phi) is 4.43. The first-order valence-electron chi connectivity index (χ1n) is 7.11. The van der Waals surface area contributed by atoms with Crippen molar-refractivity contribution in [1.82, 2.24) is 14.3 Å². The molecule has 0 unspecified atom stereocenters. The van der Waals surface area contributed by atoms with E-state index in [4.69, 9.17) is 23.2 Å². The lowest BCUT2D eigenvalue weighted by molar-refractivity contribution is 0.722. The average molecular weight is 359 g/mol. The largest absolute Gasteiger partial charge is 0.351 e. The summed E-state index contributed by atoms with van der Waals surface area (Å²) < 4.78 is 2.74. The van der Waals surface area contributed by atoms with Gasteiger partial charge >= 0.3 is 5.69 Å². The summed E-state index contributed by atoms with van der Waals surface area (Å²) in [5.74, 6) is 0.527. The molecule has 3 aromatic rings. The molecule has 0 bridgehead atoms. The lowest BCUT2D eigenvalue weighted by atomic mass is 10.1. The quantitative estimate of drug-likeness (QED) is 0.718. The van der Waals surface area contributed by atoms with Crippen LogP contribution < -0.4 is 5.69 Å². The highest BCUT2D eigenvalue weighted by Gasteiger charge is 2.15. The summed E-state index contributed by atoms with van der Waals surface area (Å²) in [4.78, 5) is 12.7. The maximum Gasteiger partial charge on any atom is 0.351 e. The van der Waals surface area contributed by atoms with Crippen LogP contribution in [0.4, 0.5) is 0 Å². The van der Waals surface area contributed by atoms with Crippen LogP contribution in [0.3, 0.4) is 0 Å². The Labute approximate surface area is 148 Å². The van der Waals surface area contributed by atoms with E-state index in [1.165, 1.54) is 9.25 Å². The van der Waals surface area contributed by atoms with E-state index in [9.17, 15) is 10.1 Å². The Morgan fingerprint density at radius 1 is 1.21 bits per heavy atom. The number of halogens is 2. The van der Waals surface area contributed by atoms with E-state index in [0.29, 0.717) is 27.1 Å². The van der Waals surface area contributed by atoms with E-state index in [1.54, 1.807) is 37.3 Å². The molecule has 0 aliphatic carbocycles. The van der Waals surface area contributed by atoms with Crippen molar-refractivity contribution in [3.8, 4) is 11.8 Å². The van der Waals surface area contributed by atoms with Gasteiger partial charge in [0.1, 0.15) is 5.82 Å². The molecule has 0 saturated carbocycles. The Hall–Kier alpha value is -2.55. The van der Waals surface area contributed by atoms with Gasteiger partial charge in [0.25, 0.3) is 0 Å². The third-order valence-electron chi connectivity index (χ3n) is 3.65. The number of nitrogens with zero attached hydrogens (tertiary/aromatic N) is 4. The first kappa shape index (κ1) is 16.3. The molecule has 24 heavy (non-hydrogen) atoms. The van der Waals surface area contributed by atoms with Crippen LogP contribution in [-0.2, 0) is 6.54 Å². The average Bonchev–Trinajstić information content (AvgIpc) is 2.83. The van der Waals surface area contributed by atoms with Gasteiger partial charge in [-0.15, -0.1) is 0 Å². The van der Waals surface area contributed by atoms with Crippen molar-refractivity contribution >= 4 is 23.2 Å². The van der Waals surface area contributed by atoms with Crippen molar-refractivity contribution in [3.05, 3.63) is 79.9 Å². The zero-order valence-electron chi connectivity index (χ0n) is 12.7. The molecule has 7 heteroatoms. The van der Waals surface area contributed by atoms with Gasteiger partial charge in [-0.25, -0.2) is 4.79 Å². The molecule has 0 N–H and O–H groups in total. The van der Waals surface area contributed by atoms with Crippen LogP contribution in [0.25, 0.3) is 5.69 Å². The van der Waals surface area contributed by atoms with Gasteiger partial charge in [-0.05, 0) is 36.8 Å². The highest BCUT2D eigenvalue weighted by Crippen LogP contribution is 2.23. The third-order valence-corrected chi connectivity index (χ3v) is 4.19. The van der Waals surface area contributed by atoms with Crippen LogP contribution in [0.2, 0.25) is 10.0 Å². The fraction of sp³-hybridized carbons (Fsp3) is 0.118. The van der Waals surface area contributed by atoms with E-state index >= 15 is 0 Å². The maximum absolute atomic E-state index is 12.7. The van der Waals surface area contributed by atoms with E-state index in [0.717, 1.165) is 5.56 Å². The number of aryl methyl sites for hydroxylation is 1. The minimum absolute atomic E-state index is 0.264. The predicted octanol–water partition coefficient (Wildman–Crippen LogP) is 3.57. The van der Waals surface area contributed by atoms with Gasteiger partial charge in [-0.2, -0.15) is 15.0 Å². The molecule has 3 rings (SSSR count). The van der Waals surface area contributed by atoms with Gasteiger partial charge in [0, 0.05) is 5.02 Å². The van der Waals surface area contributed by atoms with Crippen molar-refractivity contribution in [2.24, 2.45) is 0 Å². The van der Waals surface area contributed by atoms with Crippen molar-refractivity contribution in [1.29, 1.82) is 5.26 Å². The van der Waals surface area contributed by atoms with Crippen molar-refractivity contribution in [2.45, 2.75) is 13.5 Å². The fourth-order valence-corrected chi connectivity index (χ4v) is 2.91. The first-order chi connectivity index (χ1) is 11.5. The van der Waals surface area contributed by atoms with Crippen LogP contribution in [0.15, 0.2) is 47.3 Å². The summed E-state index contributed by atoms with van der Waals surface area (Å²) in [7, 11) is 0. The van der Waals surface area contributed by atoms with E-state index in [1.807, 2.05) is 12.1 Å². The van der Waals surface area contributed by atoms with Gasteiger partial charge in [0.15, 0.2) is 0 Å². The molecule has 0 saturated heterocycles. The fourth-order valence-electron chi connectivity index (χ4n) is 2.42. The summed E-state index contributed by atoms with van der Waals surface area (Å²) >= 11 is 12.1. The minimum Gasteiger partial charge on any atom is -0.274 e. The standard InChI is InChI=1S/C17H12Cl2N4O/c1-11-21-23(16-7-6-14(18)8-15(16)19)17(24)22(11)10-13-5-3-2-4-12(13)9-20/h2-8H,10H2,1H3. The zero-order valence-corrected chi connectivity index (χ0v) is 14.2. The number of aromatic nitrogens is 3. The Morgan fingerprint density at radius 2 is 1.96 bits per heavy atom. The first-order valence-corrected chi connectivity index (χ1v) is 7.86. The third kappa shape index (κ3) is 2.94. The molecular weight excluding hydrogens is 347 g/mol. The smallest absolute Gasteiger partial charge is 0.274 e. The molecule has 0 fully saturated rings. The highest BCUT2D eigenvalue weighted by molar-refractivity contribution is 6.35. The molecule has 2 aromatic carbocycles. The highest BCUT2D eigenvalue weighted by atomic mass is 35.5. The van der Waals surface area contributed by atoms with Crippen LogP contribution >= 0.6 is 23.2 Å². The molecule has 0 amide bonds. The van der Waals surface area contributed by atoms with Crippen molar-refractivity contribution in [2.75, 3.05) is 0 Å². The second-order valence-corrected chi connectivity index (χ2v) is 6.04. The number of nitriles is 1. The molecular formula is C17H12Cl2N4O. The predicted molar refractivity (Wildman–Crippen MR) is 92.8 cm³/mol. The molecule has 0 atom stereocenters. The number of hydrogen-bond donors (Lipinski definition) is 0. The summed E-state index contributed by atoms with van der Waals surface area (Å²) in [6.45, 7) is 2.00. The summed E-state index contributed by atoms with van der Waals surface area (Å²) in [6.07, 6.45) is 0. The van der Waals surface area contributed by atoms with Gasteiger partial charge in [-0.3, -0.25) is 4.57 Å². The van der Waals surface area contributed by atoms with E-state index < -0.39 is 0 Å². The topological polar surface area (TPSA) is 63.6 Å². The van der Waals surface area contributed by atoms with Crippen LogP contribution in [0.1, 0.15) is 17.0 Å². The lowest BCUT2D eigenvalue weighted by Gasteiger charge is -2.05. The number of benzene rings is 2. The SMILES string of the molecule is Cc1nn(-c2ccc(Cl)cc2Cl)c(=O)n1Cc1ccccc1C#N. The summed E-state index contributed by atoms with van der Waals surface area (Å²) in [5.41, 5.74) is 1.42. The van der Waals surface area contributed by atoms with Gasteiger partial charge in [-0.1, -0.05) is 41.4 Å². The molecule has 0 radical (unpaired) electrons. The van der Waals surface area contributed by atoms with Crippen LogP contribution in [-0.4, -0.2) is 14.3 Å². The molecule has 5 nitrogen and oxygen atoms in total. The maximum atomic E-state index is 12.7. The Balaban J connectivity index is 2.08. The minimum atomic E-state index is -0.329. The number of hydrogen-bond acceptors (Lipinski definition) is 3. The van der Waals surface area contributed by atoms with Gasteiger partial charge in [0.2, 0.25) is 0 Å². The van der Waals surface area contributed by atoms with Crippen molar-refractivity contribution in [3.63, 3.8) is 0 Å². The van der Waals surface area contributed by atoms with E-state index in [-0.39, 0.29) is 12.2 Å². The zero-order chi connectivity index (χ0) is 17.3. The van der Waals surface area contributed by atoms with Gasteiger partial charge in [0.05, 0.1) is 28.9 Å². The monoisotopic (exact) mass is 358 g/mol. The van der Waals surface area contributed by atoms with Crippen molar-refractivity contribution < 1.29 is 0 Å². The molecule has 0 aliphatic rings. The Morgan fingerprint density at radius 3 is 2.67 bits per heavy atom. The summed E-state index contributed by atoms with van der Waals surface area (Å²) in [6, 6.07) is 14.1.